The van der Waals surface area contributed by atoms with Crippen LogP contribution in [-0.4, -0.2) is 18.9 Å². The Morgan fingerprint density at radius 2 is 1.85 bits per heavy atom. The lowest BCUT2D eigenvalue weighted by molar-refractivity contribution is 0.174. The van der Waals surface area contributed by atoms with Gasteiger partial charge in [0.05, 0.1) is 12.3 Å². The molecule has 0 aliphatic carbocycles. The molecule has 2 aromatic carbocycles. The van der Waals surface area contributed by atoms with Crippen LogP contribution in [0.25, 0.3) is 10.6 Å². The molecular weight excluding hydrogens is 348 g/mol. The highest BCUT2D eigenvalue weighted by Crippen LogP contribution is 2.36. The highest BCUT2D eigenvalue weighted by molar-refractivity contribution is 7.13. The third-order valence-electron chi connectivity index (χ3n) is 4.14. The molecule has 3 aromatic rings. The van der Waals surface area contributed by atoms with Crippen molar-refractivity contribution in [3.05, 3.63) is 64.7 Å². The van der Waals surface area contributed by atoms with Crippen molar-refractivity contribution in [1.82, 2.24) is 10.3 Å². The Morgan fingerprint density at radius 3 is 2.69 bits per heavy atom. The maximum absolute atomic E-state index is 5.44. The average Bonchev–Trinajstić information content (AvgIpc) is 3.32. The maximum Gasteiger partial charge on any atom is 0.231 e. The summed E-state index contributed by atoms with van der Waals surface area (Å²) in [5.74, 6) is 1.58. The van der Waals surface area contributed by atoms with E-state index < -0.39 is 0 Å². The quantitative estimate of drug-likeness (QED) is 0.684. The standard InChI is InChI=1S/C20H20N2O3S/c1-23-11-15-4-2-14(3-5-15)9-21-10-17-12-26-20(22-17)16-6-7-18-19(8-16)25-13-24-18/h2-8,12,21H,9-11,13H2,1H3. The smallest absolute Gasteiger partial charge is 0.231 e. The Labute approximate surface area is 156 Å². The van der Waals surface area contributed by atoms with Crippen molar-refractivity contribution < 1.29 is 14.2 Å². The number of aromatic nitrogens is 1. The lowest BCUT2D eigenvalue weighted by Crippen LogP contribution is -2.12. The van der Waals surface area contributed by atoms with Gasteiger partial charge in [0.15, 0.2) is 11.5 Å². The Hall–Kier alpha value is -2.41. The van der Waals surface area contributed by atoms with Crippen LogP contribution in [0.15, 0.2) is 47.8 Å². The minimum Gasteiger partial charge on any atom is -0.454 e. The molecule has 5 nitrogen and oxygen atoms in total. The number of benzene rings is 2. The van der Waals surface area contributed by atoms with E-state index in [0.717, 1.165) is 40.9 Å². The van der Waals surface area contributed by atoms with Crippen LogP contribution in [0.2, 0.25) is 0 Å². The molecule has 1 aliphatic heterocycles. The molecule has 0 atom stereocenters. The number of nitrogens with one attached hydrogen (secondary N) is 1. The van der Waals surface area contributed by atoms with E-state index in [1.807, 2.05) is 18.2 Å². The predicted octanol–water partition coefficient (Wildman–Crippen LogP) is 3.98. The molecule has 0 amide bonds. The molecule has 0 fully saturated rings. The molecule has 2 heterocycles. The van der Waals surface area contributed by atoms with Crippen molar-refractivity contribution in [3.8, 4) is 22.1 Å². The molecule has 0 bridgehead atoms. The fourth-order valence-electron chi connectivity index (χ4n) is 2.81. The van der Waals surface area contributed by atoms with Gasteiger partial charge in [-0.2, -0.15) is 0 Å². The fraction of sp³-hybridized carbons (Fsp3) is 0.250. The topological polar surface area (TPSA) is 52.6 Å². The van der Waals surface area contributed by atoms with Gasteiger partial charge >= 0.3 is 0 Å². The SMILES string of the molecule is COCc1ccc(CNCc2csc(-c3ccc4c(c3)OCO4)n2)cc1. The van der Waals surface area contributed by atoms with Gasteiger partial charge in [-0.3, -0.25) is 0 Å². The minimum absolute atomic E-state index is 0.290. The largest absolute Gasteiger partial charge is 0.454 e. The first-order valence-electron chi connectivity index (χ1n) is 8.44. The van der Waals surface area contributed by atoms with Gasteiger partial charge in [0.2, 0.25) is 6.79 Å². The summed E-state index contributed by atoms with van der Waals surface area (Å²) in [6.07, 6.45) is 0. The van der Waals surface area contributed by atoms with Crippen molar-refractivity contribution in [3.63, 3.8) is 0 Å². The van der Waals surface area contributed by atoms with Crippen LogP contribution in [0, 0.1) is 0 Å². The zero-order valence-corrected chi connectivity index (χ0v) is 15.3. The highest BCUT2D eigenvalue weighted by Gasteiger charge is 2.15. The van der Waals surface area contributed by atoms with Crippen molar-refractivity contribution in [2.75, 3.05) is 13.9 Å². The van der Waals surface area contributed by atoms with Gasteiger partial charge in [-0.15, -0.1) is 11.3 Å². The third-order valence-corrected chi connectivity index (χ3v) is 5.08. The monoisotopic (exact) mass is 368 g/mol. The van der Waals surface area contributed by atoms with Crippen LogP contribution in [0.5, 0.6) is 11.5 Å². The van der Waals surface area contributed by atoms with E-state index >= 15 is 0 Å². The van der Waals surface area contributed by atoms with E-state index in [2.05, 4.69) is 35.0 Å². The van der Waals surface area contributed by atoms with Crippen molar-refractivity contribution in [2.45, 2.75) is 19.7 Å². The zero-order chi connectivity index (χ0) is 17.8. The zero-order valence-electron chi connectivity index (χ0n) is 14.5. The molecule has 0 saturated heterocycles. The third kappa shape index (κ3) is 3.88. The summed E-state index contributed by atoms with van der Waals surface area (Å²) in [5.41, 5.74) is 4.53. The molecule has 6 heteroatoms. The number of ether oxygens (including phenoxy) is 3. The molecule has 1 N–H and O–H groups in total. The molecule has 0 saturated carbocycles. The summed E-state index contributed by atoms with van der Waals surface area (Å²) in [5, 5.41) is 6.53. The average molecular weight is 368 g/mol. The van der Waals surface area contributed by atoms with E-state index in [4.69, 9.17) is 19.2 Å². The molecule has 0 radical (unpaired) electrons. The van der Waals surface area contributed by atoms with E-state index in [1.165, 1.54) is 11.1 Å². The number of methoxy groups -OCH3 is 1. The molecule has 1 aliphatic rings. The number of hydrogen-bond acceptors (Lipinski definition) is 6. The van der Waals surface area contributed by atoms with Gasteiger partial charge in [0, 0.05) is 31.1 Å². The van der Waals surface area contributed by atoms with Crippen LogP contribution in [0.1, 0.15) is 16.8 Å². The van der Waals surface area contributed by atoms with E-state index in [9.17, 15) is 0 Å². The van der Waals surface area contributed by atoms with Crippen molar-refractivity contribution in [2.24, 2.45) is 0 Å². The van der Waals surface area contributed by atoms with Gasteiger partial charge in [0.1, 0.15) is 5.01 Å². The van der Waals surface area contributed by atoms with Gasteiger partial charge < -0.3 is 19.5 Å². The van der Waals surface area contributed by atoms with Crippen LogP contribution in [0.3, 0.4) is 0 Å². The summed E-state index contributed by atoms with van der Waals surface area (Å²) in [4.78, 5) is 4.72. The first-order chi connectivity index (χ1) is 12.8. The first kappa shape index (κ1) is 17.0. The summed E-state index contributed by atoms with van der Waals surface area (Å²) >= 11 is 1.64. The Kier molecular flexibility index (Phi) is 5.15. The Morgan fingerprint density at radius 1 is 1.04 bits per heavy atom. The first-order valence-corrected chi connectivity index (χ1v) is 9.32. The number of hydrogen-bond donors (Lipinski definition) is 1. The van der Waals surface area contributed by atoms with E-state index in [1.54, 1.807) is 18.4 Å². The van der Waals surface area contributed by atoms with E-state index in [-0.39, 0.29) is 6.79 Å². The highest BCUT2D eigenvalue weighted by atomic mass is 32.1. The lowest BCUT2D eigenvalue weighted by Gasteiger charge is -2.05. The number of fused-ring (bicyclic) bond motifs is 1. The maximum atomic E-state index is 5.44. The second-order valence-corrected chi connectivity index (χ2v) is 6.92. The molecule has 1 aromatic heterocycles. The summed E-state index contributed by atoms with van der Waals surface area (Å²) < 4.78 is 15.9. The molecule has 26 heavy (non-hydrogen) atoms. The van der Waals surface area contributed by atoms with Crippen LogP contribution in [-0.2, 0) is 24.4 Å². The summed E-state index contributed by atoms with van der Waals surface area (Å²) in [6, 6.07) is 14.4. The van der Waals surface area contributed by atoms with Crippen LogP contribution >= 0.6 is 11.3 Å². The van der Waals surface area contributed by atoms with Crippen molar-refractivity contribution >= 4 is 11.3 Å². The number of nitrogens with zero attached hydrogens (tertiary/aromatic N) is 1. The summed E-state index contributed by atoms with van der Waals surface area (Å²) in [6.45, 7) is 2.48. The van der Waals surface area contributed by atoms with Gasteiger partial charge in [-0.05, 0) is 29.3 Å². The molecule has 0 unspecified atom stereocenters. The second kappa shape index (κ2) is 7.86. The van der Waals surface area contributed by atoms with Crippen molar-refractivity contribution in [1.29, 1.82) is 0 Å². The number of rotatable bonds is 7. The molecule has 0 spiro atoms. The second-order valence-electron chi connectivity index (χ2n) is 6.07. The fourth-order valence-corrected chi connectivity index (χ4v) is 3.62. The van der Waals surface area contributed by atoms with E-state index in [0.29, 0.717) is 6.61 Å². The lowest BCUT2D eigenvalue weighted by atomic mass is 10.1. The van der Waals surface area contributed by atoms with Gasteiger partial charge in [-0.25, -0.2) is 4.98 Å². The van der Waals surface area contributed by atoms with Crippen LogP contribution < -0.4 is 14.8 Å². The van der Waals surface area contributed by atoms with Gasteiger partial charge in [-0.1, -0.05) is 24.3 Å². The minimum atomic E-state index is 0.290. The normalized spacial score (nSPS) is 12.5. The molecule has 134 valence electrons. The summed E-state index contributed by atoms with van der Waals surface area (Å²) in [7, 11) is 1.71. The number of thiazole rings is 1. The molecule has 4 rings (SSSR count). The molecular formula is C20H20N2O3S. The van der Waals surface area contributed by atoms with Gasteiger partial charge in [0.25, 0.3) is 0 Å². The Balaban J connectivity index is 1.33. The van der Waals surface area contributed by atoms with Crippen LogP contribution in [0.4, 0.5) is 0 Å². The Bertz CT molecular complexity index is 877. The predicted molar refractivity (Wildman–Crippen MR) is 101 cm³/mol.